The number of halogens is 1. The molecule has 0 saturated heterocycles. The van der Waals surface area contributed by atoms with Crippen LogP contribution in [-0.4, -0.2) is 16.5 Å². The summed E-state index contributed by atoms with van der Waals surface area (Å²) in [6.07, 6.45) is 0. The SMILES string of the molecule is CC(=NNC(=O)c1ccc(C)cc1Cl)c1cccc([N+](=O)[O-])c1. The highest BCUT2D eigenvalue weighted by molar-refractivity contribution is 6.33. The Morgan fingerprint density at radius 3 is 2.65 bits per heavy atom. The van der Waals surface area contributed by atoms with E-state index in [0.29, 0.717) is 21.9 Å². The molecule has 1 N–H and O–H groups in total. The van der Waals surface area contributed by atoms with E-state index in [9.17, 15) is 14.9 Å². The number of rotatable bonds is 4. The standard InChI is InChI=1S/C16H14ClN3O3/c1-10-6-7-14(15(17)8-10)16(21)19-18-11(2)12-4-3-5-13(9-12)20(22)23/h3-9H,1-2H3,(H,19,21). The number of hydrazone groups is 1. The van der Waals surface area contributed by atoms with Crippen LogP contribution in [0, 0.1) is 17.0 Å². The van der Waals surface area contributed by atoms with E-state index in [2.05, 4.69) is 10.5 Å². The number of aryl methyl sites for hydroxylation is 1. The number of nitro groups is 1. The van der Waals surface area contributed by atoms with E-state index in [0.717, 1.165) is 5.56 Å². The summed E-state index contributed by atoms with van der Waals surface area (Å²) in [5.74, 6) is -0.445. The van der Waals surface area contributed by atoms with Gasteiger partial charge in [-0.15, -0.1) is 0 Å². The zero-order valence-electron chi connectivity index (χ0n) is 12.5. The molecule has 1 amide bonds. The van der Waals surface area contributed by atoms with Crippen LogP contribution in [0.2, 0.25) is 5.02 Å². The molecule has 0 bridgehead atoms. The maximum Gasteiger partial charge on any atom is 0.272 e. The number of benzene rings is 2. The monoisotopic (exact) mass is 331 g/mol. The second-order valence-corrected chi connectivity index (χ2v) is 5.34. The molecule has 2 aromatic rings. The van der Waals surface area contributed by atoms with Gasteiger partial charge in [0.05, 0.1) is 21.2 Å². The molecule has 0 fully saturated rings. The molecule has 2 aromatic carbocycles. The minimum Gasteiger partial charge on any atom is -0.267 e. The molecule has 0 aliphatic heterocycles. The molecule has 118 valence electrons. The third kappa shape index (κ3) is 4.14. The van der Waals surface area contributed by atoms with E-state index < -0.39 is 10.8 Å². The lowest BCUT2D eigenvalue weighted by Gasteiger charge is -2.05. The largest absolute Gasteiger partial charge is 0.272 e. The molecule has 23 heavy (non-hydrogen) atoms. The van der Waals surface area contributed by atoms with E-state index in [1.165, 1.54) is 12.1 Å². The van der Waals surface area contributed by atoms with Crippen molar-refractivity contribution in [3.8, 4) is 0 Å². The Hall–Kier alpha value is -2.73. The van der Waals surface area contributed by atoms with Gasteiger partial charge in [-0.1, -0.05) is 29.8 Å². The maximum atomic E-state index is 12.1. The molecule has 0 unspecified atom stereocenters. The lowest BCUT2D eigenvalue weighted by molar-refractivity contribution is -0.384. The molecule has 7 heteroatoms. The summed E-state index contributed by atoms with van der Waals surface area (Å²) in [4.78, 5) is 22.4. The van der Waals surface area contributed by atoms with Gasteiger partial charge in [-0.25, -0.2) is 5.43 Å². The Balaban J connectivity index is 2.17. The molecule has 2 rings (SSSR count). The fourth-order valence-electron chi connectivity index (χ4n) is 1.91. The first kappa shape index (κ1) is 16.6. The second kappa shape index (κ2) is 7.02. The number of nitrogens with one attached hydrogen (secondary N) is 1. The number of amides is 1. The summed E-state index contributed by atoms with van der Waals surface area (Å²) in [5, 5.41) is 15.1. The maximum absolute atomic E-state index is 12.1. The van der Waals surface area contributed by atoms with E-state index >= 15 is 0 Å². The van der Waals surface area contributed by atoms with Crippen LogP contribution in [0.4, 0.5) is 5.69 Å². The Bertz CT molecular complexity index is 803. The summed E-state index contributed by atoms with van der Waals surface area (Å²) in [6, 6.07) is 11.1. The molecule has 6 nitrogen and oxygen atoms in total. The van der Waals surface area contributed by atoms with Crippen molar-refractivity contribution in [3.63, 3.8) is 0 Å². The average molecular weight is 332 g/mol. The van der Waals surface area contributed by atoms with Crippen molar-refractivity contribution in [1.82, 2.24) is 5.43 Å². The van der Waals surface area contributed by atoms with Crippen LogP contribution < -0.4 is 5.43 Å². The molecule has 0 aromatic heterocycles. The molecule has 0 aliphatic rings. The highest BCUT2D eigenvalue weighted by Crippen LogP contribution is 2.17. The Labute approximate surface area is 137 Å². The summed E-state index contributed by atoms with van der Waals surface area (Å²) in [7, 11) is 0. The van der Waals surface area contributed by atoms with E-state index in [4.69, 9.17) is 11.6 Å². The van der Waals surface area contributed by atoms with Crippen molar-refractivity contribution in [2.24, 2.45) is 5.10 Å². The summed E-state index contributed by atoms with van der Waals surface area (Å²) in [6.45, 7) is 3.52. The average Bonchev–Trinajstić information content (AvgIpc) is 2.52. The van der Waals surface area contributed by atoms with Crippen LogP contribution in [0.3, 0.4) is 0 Å². The number of hydrogen-bond acceptors (Lipinski definition) is 4. The predicted octanol–water partition coefficient (Wildman–Crippen LogP) is 3.71. The van der Waals surface area contributed by atoms with Gasteiger partial charge in [0.15, 0.2) is 0 Å². The molecule has 0 radical (unpaired) electrons. The first-order chi connectivity index (χ1) is 10.9. The lowest BCUT2D eigenvalue weighted by Crippen LogP contribution is -2.19. The first-order valence-corrected chi connectivity index (χ1v) is 7.12. The lowest BCUT2D eigenvalue weighted by atomic mass is 10.1. The van der Waals surface area contributed by atoms with Crippen molar-refractivity contribution in [3.05, 3.63) is 74.3 Å². The number of carbonyl (C=O) groups excluding carboxylic acids is 1. The Kier molecular flexibility index (Phi) is 5.08. The minimum absolute atomic E-state index is 0.0371. The van der Waals surface area contributed by atoms with Crippen LogP contribution in [-0.2, 0) is 0 Å². The fourth-order valence-corrected chi connectivity index (χ4v) is 2.23. The van der Waals surface area contributed by atoms with Crippen LogP contribution in [0.1, 0.15) is 28.4 Å². The third-order valence-electron chi connectivity index (χ3n) is 3.17. The van der Waals surface area contributed by atoms with Crippen molar-refractivity contribution in [2.75, 3.05) is 0 Å². The Morgan fingerprint density at radius 2 is 2.00 bits per heavy atom. The molecular weight excluding hydrogens is 318 g/mol. The predicted molar refractivity (Wildman–Crippen MR) is 89.0 cm³/mol. The first-order valence-electron chi connectivity index (χ1n) is 6.74. The third-order valence-corrected chi connectivity index (χ3v) is 3.48. The summed E-state index contributed by atoms with van der Waals surface area (Å²) in [5.41, 5.74) is 4.62. The van der Waals surface area contributed by atoms with E-state index in [1.54, 1.807) is 37.3 Å². The van der Waals surface area contributed by atoms with Crippen LogP contribution in [0.5, 0.6) is 0 Å². The van der Waals surface area contributed by atoms with Crippen molar-refractivity contribution in [2.45, 2.75) is 13.8 Å². The Morgan fingerprint density at radius 1 is 1.26 bits per heavy atom. The second-order valence-electron chi connectivity index (χ2n) is 4.93. The van der Waals surface area contributed by atoms with Gasteiger partial charge < -0.3 is 0 Å². The number of hydrogen-bond donors (Lipinski definition) is 1. The molecule has 0 aliphatic carbocycles. The van der Waals surface area contributed by atoms with E-state index in [-0.39, 0.29) is 5.69 Å². The van der Waals surface area contributed by atoms with Gasteiger partial charge in [-0.05, 0) is 31.5 Å². The highest BCUT2D eigenvalue weighted by Gasteiger charge is 2.11. The van der Waals surface area contributed by atoms with Gasteiger partial charge in [-0.2, -0.15) is 5.10 Å². The normalized spacial score (nSPS) is 11.2. The highest BCUT2D eigenvalue weighted by atomic mass is 35.5. The molecule has 0 heterocycles. The van der Waals surface area contributed by atoms with Crippen molar-refractivity contribution in [1.29, 1.82) is 0 Å². The van der Waals surface area contributed by atoms with E-state index in [1.807, 2.05) is 6.92 Å². The van der Waals surface area contributed by atoms with Gasteiger partial charge in [0.25, 0.3) is 11.6 Å². The van der Waals surface area contributed by atoms with Crippen LogP contribution in [0.25, 0.3) is 0 Å². The van der Waals surface area contributed by atoms with Crippen LogP contribution in [0.15, 0.2) is 47.6 Å². The smallest absolute Gasteiger partial charge is 0.267 e. The molecule has 0 atom stereocenters. The number of non-ortho nitro benzene ring substituents is 1. The van der Waals surface area contributed by atoms with Gasteiger partial charge in [0.1, 0.15) is 0 Å². The van der Waals surface area contributed by atoms with Crippen molar-refractivity contribution < 1.29 is 9.72 Å². The minimum atomic E-state index is -0.485. The van der Waals surface area contributed by atoms with Gasteiger partial charge >= 0.3 is 0 Å². The molecular formula is C16H14ClN3O3. The number of nitrogens with zero attached hydrogens (tertiary/aromatic N) is 2. The summed E-state index contributed by atoms with van der Waals surface area (Å²) >= 11 is 6.03. The fraction of sp³-hybridized carbons (Fsp3) is 0.125. The molecule has 0 spiro atoms. The van der Waals surface area contributed by atoms with Gasteiger partial charge in [-0.3, -0.25) is 14.9 Å². The number of carbonyl (C=O) groups is 1. The van der Waals surface area contributed by atoms with Gasteiger partial charge in [0.2, 0.25) is 0 Å². The number of nitro benzene ring substituents is 1. The van der Waals surface area contributed by atoms with Crippen LogP contribution >= 0.6 is 11.6 Å². The van der Waals surface area contributed by atoms with Crippen molar-refractivity contribution >= 4 is 28.9 Å². The zero-order valence-corrected chi connectivity index (χ0v) is 13.3. The zero-order chi connectivity index (χ0) is 17.0. The topological polar surface area (TPSA) is 84.6 Å². The molecule has 0 saturated carbocycles. The van der Waals surface area contributed by atoms with Gasteiger partial charge in [0, 0.05) is 17.7 Å². The summed E-state index contributed by atoms with van der Waals surface area (Å²) < 4.78 is 0. The quantitative estimate of drug-likeness (QED) is 0.526.